The Morgan fingerprint density at radius 1 is 1.03 bits per heavy atom. The molecule has 0 aliphatic rings. The Morgan fingerprint density at radius 3 is 2.50 bits per heavy atom. The van der Waals surface area contributed by atoms with E-state index in [0.717, 1.165) is 23.4 Å². The number of aryl methyl sites for hydroxylation is 3. The first-order chi connectivity index (χ1) is 15.2. The van der Waals surface area contributed by atoms with Crippen molar-refractivity contribution < 1.29 is 18.0 Å². The van der Waals surface area contributed by atoms with Crippen LogP contribution in [0.1, 0.15) is 28.9 Å². The number of halogens is 3. The molecule has 1 N–H and O–H groups in total. The van der Waals surface area contributed by atoms with Gasteiger partial charge in [-0.05, 0) is 49.6 Å². The number of alkyl halides is 3. The van der Waals surface area contributed by atoms with E-state index in [-0.39, 0.29) is 23.7 Å². The van der Waals surface area contributed by atoms with Gasteiger partial charge in [-0.15, -0.1) is 5.10 Å². The maximum Gasteiger partial charge on any atom is 0.416 e. The van der Waals surface area contributed by atoms with Crippen molar-refractivity contribution in [1.82, 2.24) is 14.6 Å². The smallest absolute Gasteiger partial charge is 0.309 e. The van der Waals surface area contributed by atoms with E-state index in [4.69, 9.17) is 0 Å². The van der Waals surface area contributed by atoms with Crippen molar-refractivity contribution in [3.8, 4) is 11.1 Å². The molecule has 1 amide bonds. The zero-order chi connectivity index (χ0) is 22.9. The number of hydrogen-bond acceptors (Lipinski definition) is 3. The number of carbonyl (C=O) groups excluding carboxylic acids is 1. The second-order valence-corrected chi connectivity index (χ2v) is 7.61. The van der Waals surface area contributed by atoms with Crippen molar-refractivity contribution in [1.29, 1.82) is 0 Å². The summed E-state index contributed by atoms with van der Waals surface area (Å²) >= 11 is 0. The fraction of sp³-hybridized carbons (Fsp3) is 0.208. The molecule has 32 heavy (non-hydrogen) atoms. The van der Waals surface area contributed by atoms with E-state index in [9.17, 15) is 18.0 Å². The van der Waals surface area contributed by atoms with Crippen LogP contribution in [0, 0.1) is 13.8 Å². The fourth-order valence-electron chi connectivity index (χ4n) is 3.62. The predicted octanol–water partition coefficient (Wildman–Crippen LogP) is 5.60. The molecule has 0 aliphatic heterocycles. The van der Waals surface area contributed by atoms with Gasteiger partial charge in [0, 0.05) is 17.8 Å². The highest BCUT2D eigenvalue weighted by Crippen LogP contribution is 2.36. The van der Waals surface area contributed by atoms with Crippen LogP contribution in [0.3, 0.4) is 0 Å². The second kappa shape index (κ2) is 8.45. The number of nitrogens with zero attached hydrogens (tertiary/aromatic N) is 3. The molecule has 4 aromatic rings. The van der Waals surface area contributed by atoms with Gasteiger partial charge in [-0.3, -0.25) is 4.79 Å². The Hall–Kier alpha value is -3.68. The second-order valence-electron chi connectivity index (χ2n) is 7.61. The Morgan fingerprint density at radius 2 is 1.78 bits per heavy atom. The van der Waals surface area contributed by atoms with E-state index in [1.807, 2.05) is 43.3 Å². The third-order valence-corrected chi connectivity index (χ3v) is 5.12. The third-order valence-electron chi connectivity index (χ3n) is 5.12. The lowest BCUT2D eigenvalue weighted by molar-refractivity contribution is -0.137. The summed E-state index contributed by atoms with van der Waals surface area (Å²) in [5, 5.41) is 7.24. The number of anilines is 1. The Labute approximate surface area is 182 Å². The minimum Gasteiger partial charge on any atom is -0.309 e. The van der Waals surface area contributed by atoms with Gasteiger partial charge in [-0.25, -0.2) is 9.50 Å². The zero-order valence-electron chi connectivity index (χ0n) is 17.6. The van der Waals surface area contributed by atoms with E-state index >= 15 is 0 Å². The number of hydrogen-bond donors (Lipinski definition) is 1. The standard InChI is InChI=1S/C24H21F3N4O/c1-15-13-16(2)31-23(28-15)21(18-9-6-10-19(14-18)24(25,26)27)22(30-31)29-20(32)12-11-17-7-4-3-5-8-17/h3-10,13-14H,11-12H2,1-2H3,(H,29,30,32). The maximum atomic E-state index is 13.3. The number of carbonyl (C=O) groups is 1. The van der Waals surface area contributed by atoms with Crippen LogP contribution in [0.25, 0.3) is 16.8 Å². The summed E-state index contributed by atoms with van der Waals surface area (Å²) in [7, 11) is 0. The number of aromatic nitrogens is 3. The summed E-state index contributed by atoms with van der Waals surface area (Å²) in [6.45, 7) is 3.62. The summed E-state index contributed by atoms with van der Waals surface area (Å²) in [6.07, 6.45) is -3.74. The monoisotopic (exact) mass is 438 g/mol. The first kappa shape index (κ1) is 21.5. The van der Waals surface area contributed by atoms with Crippen LogP contribution in [-0.2, 0) is 17.4 Å². The van der Waals surface area contributed by atoms with Crippen molar-refractivity contribution in [3.05, 3.63) is 83.2 Å². The zero-order valence-corrected chi connectivity index (χ0v) is 17.6. The molecule has 0 unspecified atom stereocenters. The lowest BCUT2D eigenvalue weighted by Gasteiger charge is -2.10. The summed E-state index contributed by atoms with van der Waals surface area (Å²) in [5.74, 6) is -0.0940. The molecule has 2 aromatic heterocycles. The lowest BCUT2D eigenvalue weighted by atomic mass is 10.0. The lowest BCUT2D eigenvalue weighted by Crippen LogP contribution is -2.13. The van der Waals surface area contributed by atoms with E-state index in [2.05, 4.69) is 15.4 Å². The van der Waals surface area contributed by atoms with E-state index in [1.54, 1.807) is 13.0 Å². The van der Waals surface area contributed by atoms with Gasteiger partial charge >= 0.3 is 6.18 Å². The van der Waals surface area contributed by atoms with Gasteiger partial charge < -0.3 is 5.32 Å². The summed E-state index contributed by atoms with van der Waals surface area (Å²) in [5.41, 5.74) is 2.72. The fourth-order valence-corrected chi connectivity index (χ4v) is 3.62. The summed E-state index contributed by atoms with van der Waals surface area (Å²) in [6, 6.07) is 16.3. The topological polar surface area (TPSA) is 59.3 Å². The molecule has 8 heteroatoms. The van der Waals surface area contributed by atoms with Crippen molar-refractivity contribution in [3.63, 3.8) is 0 Å². The van der Waals surface area contributed by atoms with E-state index in [1.165, 1.54) is 10.6 Å². The SMILES string of the molecule is Cc1cc(C)n2nc(NC(=O)CCc3ccccc3)c(-c3cccc(C(F)(F)F)c3)c2n1. The number of benzene rings is 2. The normalized spacial score (nSPS) is 11.7. The molecule has 0 radical (unpaired) electrons. The first-order valence-corrected chi connectivity index (χ1v) is 10.1. The predicted molar refractivity (Wildman–Crippen MR) is 116 cm³/mol. The molecular formula is C24H21F3N4O. The van der Waals surface area contributed by atoms with Crippen LogP contribution in [0.4, 0.5) is 19.0 Å². The van der Waals surface area contributed by atoms with Crippen LogP contribution in [0.2, 0.25) is 0 Å². The average molecular weight is 438 g/mol. The van der Waals surface area contributed by atoms with E-state index < -0.39 is 11.7 Å². The Bertz CT molecular complexity index is 1280. The molecule has 0 saturated carbocycles. The average Bonchev–Trinajstić information content (AvgIpc) is 3.10. The highest BCUT2D eigenvalue weighted by molar-refractivity contribution is 5.98. The summed E-state index contributed by atoms with van der Waals surface area (Å²) < 4.78 is 41.5. The minimum atomic E-state index is -4.49. The highest BCUT2D eigenvalue weighted by atomic mass is 19.4. The molecule has 2 aromatic carbocycles. The van der Waals surface area contributed by atoms with Crippen molar-refractivity contribution in [2.24, 2.45) is 0 Å². The summed E-state index contributed by atoms with van der Waals surface area (Å²) in [4.78, 5) is 17.2. The number of nitrogens with one attached hydrogen (secondary N) is 1. The number of fused-ring (bicyclic) bond motifs is 1. The molecule has 5 nitrogen and oxygen atoms in total. The van der Waals surface area contributed by atoms with Gasteiger partial charge in [0.2, 0.25) is 5.91 Å². The number of amides is 1. The minimum absolute atomic E-state index is 0.184. The molecule has 0 spiro atoms. The van der Waals surface area contributed by atoms with Crippen molar-refractivity contribution in [2.45, 2.75) is 32.9 Å². The molecule has 4 rings (SSSR count). The molecule has 2 heterocycles. The molecule has 164 valence electrons. The van der Waals surface area contributed by atoms with Gasteiger partial charge in [-0.1, -0.05) is 42.5 Å². The Balaban J connectivity index is 1.74. The van der Waals surface area contributed by atoms with E-state index in [0.29, 0.717) is 23.3 Å². The largest absolute Gasteiger partial charge is 0.416 e. The van der Waals surface area contributed by atoms with Crippen molar-refractivity contribution in [2.75, 3.05) is 5.32 Å². The van der Waals surface area contributed by atoms with Gasteiger partial charge in [0.25, 0.3) is 0 Å². The third kappa shape index (κ3) is 4.49. The van der Waals surface area contributed by atoms with Crippen LogP contribution in [0.15, 0.2) is 60.7 Å². The Kier molecular flexibility index (Phi) is 5.69. The molecule has 0 aliphatic carbocycles. The van der Waals surface area contributed by atoms with Crippen molar-refractivity contribution >= 4 is 17.4 Å². The quantitative estimate of drug-likeness (QED) is 0.441. The van der Waals surface area contributed by atoms with Crippen LogP contribution >= 0.6 is 0 Å². The highest BCUT2D eigenvalue weighted by Gasteiger charge is 2.31. The molecule has 0 saturated heterocycles. The first-order valence-electron chi connectivity index (χ1n) is 10.1. The molecular weight excluding hydrogens is 417 g/mol. The van der Waals surface area contributed by atoms with Gasteiger partial charge in [0.15, 0.2) is 11.5 Å². The number of rotatable bonds is 5. The maximum absolute atomic E-state index is 13.3. The van der Waals surface area contributed by atoms with Crippen LogP contribution in [0.5, 0.6) is 0 Å². The van der Waals surface area contributed by atoms with Crippen LogP contribution in [-0.4, -0.2) is 20.5 Å². The van der Waals surface area contributed by atoms with Gasteiger partial charge in [0.1, 0.15) is 0 Å². The van der Waals surface area contributed by atoms with Gasteiger partial charge in [0.05, 0.1) is 11.1 Å². The molecule has 0 bridgehead atoms. The van der Waals surface area contributed by atoms with Gasteiger partial charge in [-0.2, -0.15) is 13.2 Å². The van der Waals surface area contributed by atoms with Crippen LogP contribution < -0.4 is 5.32 Å². The molecule has 0 atom stereocenters. The molecule has 0 fully saturated rings.